The first-order chi connectivity index (χ1) is 16.1. The summed E-state index contributed by atoms with van der Waals surface area (Å²) in [6.45, 7) is 0. The number of hydrogen-bond acceptors (Lipinski definition) is 3. The van der Waals surface area contributed by atoms with Gasteiger partial charge in [0.2, 0.25) is 0 Å². The van der Waals surface area contributed by atoms with Crippen molar-refractivity contribution in [3.63, 3.8) is 0 Å². The van der Waals surface area contributed by atoms with Crippen LogP contribution in [0.25, 0.3) is 0 Å². The van der Waals surface area contributed by atoms with E-state index in [2.05, 4.69) is 16.0 Å². The molecule has 0 aliphatic heterocycles. The summed E-state index contributed by atoms with van der Waals surface area (Å²) in [5.74, 6) is -1.28. The molecule has 0 unspecified atom stereocenters. The lowest BCUT2D eigenvalue weighted by Gasteiger charge is -2.12. The maximum Gasteiger partial charge on any atom is 0.255 e. The topological polar surface area (TPSA) is 87.3 Å². The molecule has 33 heavy (non-hydrogen) atoms. The Hall–Kier alpha value is -4.71. The monoisotopic (exact) mass is 435 g/mol. The van der Waals surface area contributed by atoms with Gasteiger partial charge in [0.1, 0.15) is 0 Å². The molecule has 4 aromatic carbocycles. The van der Waals surface area contributed by atoms with Crippen LogP contribution in [0.4, 0.5) is 17.1 Å². The minimum absolute atomic E-state index is 0.192. The number of carbonyl (C=O) groups excluding carboxylic acids is 3. The van der Waals surface area contributed by atoms with Crippen molar-refractivity contribution in [1.29, 1.82) is 0 Å². The Balaban J connectivity index is 1.65. The Labute approximate surface area is 191 Å². The third kappa shape index (κ3) is 5.71. The summed E-state index contributed by atoms with van der Waals surface area (Å²) < 4.78 is 0. The van der Waals surface area contributed by atoms with E-state index in [9.17, 15) is 14.4 Å². The molecule has 0 aromatic heterocycles. The van der Waals surface area contributed by atoms with Crippen molar-refractivity contribution in [3.8, 4) is 0 Å². The molecule has 0 heterocycles. The van der Waals surface area contributed by atoms with Crippen LogP contribution >= 0.6 is 0 Å². The van der Waals surface area contributed by atoms with Crippen molar-refractivity contribution in [2.75, 3.05) is 16.0 Å². The van der Waals surface area contributed by atoms with Crippen molar-refractivity contribution in [2.24, 2.45) is 0 Å². The van der Waals surface area contributed by atoms with Gasteiger partial charge in [0.25, 0.3) is 17.7 Å². The molecule has 6 nitrogen and oxygen atoms in total. The van der Waals surface area contributed by atoms with E-state index < -0.39 is 17.7 Å². The predicted molar refractivity (Wildman–Crippen MR) is 130 cm³/mol. The Morgan fingerprint density at radius 1 is 0.394 bits per heavy atom. The number of amides is 3. The second-order valence-electron chi connectivity index (χ2n) is 7.26. The van der Waals surface area contributed by atoms with Gasteiger partial charge in [-0.15, -0.1) is 0 Å². The molecule has 162 valence electrons. The molecule has 0 saturated heterocycles. The summed E-state index contributed by atoms with van der Waals surface area (Å²) in [5, 5.41) is 8.36. The summed E-state index contributed by atoms with van der Waals surface area (Å²) in [6.07, 6.45) is 0. The lowest BCUT2D eigenvalue weighted by atomic mass is 10.0. The van der Waals surface area contributed by atoms with Gasteiger partial charge in [-0.2, -0.15) is 0 Å². The molecular formula is C27H21N3O3. The SMILES string of the molecule is O=C(Nc1ccccc1)c1cc(C(=O)Nc2ccccc2)cc(C(=O)Nc2ccccc2)c1. The maximum absolute atomic E-state index is 12.9. The second kappa shape index (κ2) is 10.1. The summed E-state index contributed by atoms with van der Waals surface area (Å²) in [5.41, 5.74) is 2.40. The lowest BCUT2D eigenvalue weighted by molar-refractivity contribution is 0.102. The minimum Gasteiger partial charge on any atom is -0.322 e. The Kier molecular flexibility index (Phi) is 6.56. The first-order valence-electron chi connectivity index (χ1n) is 10.3. The van der Waals surface area contributed by atoms with Crippen LogP contribution in [0.5, 0.6) is 0 Å². The average molecular weight is 435 g/mol. The zero-order chi connectivity index (χ0) is 23.0. The predicted octanol–water partition coefficient (Wildman–Crippen LogP) is 5.44. The molecule has 0 aliphatic carbocycles. The van der Waals surface area contributed by atoms with E-state index in [1.54, 1.807) is 72.8 Å². The van der Waals surface area contributed by atoms with Crippen LogP contribution in [0.2, 0.25) is 0 Å². The highest BCUT2D eigenvalue weighted by molar-refractivity contribution is 6.12. The van der Waals surface area contributed by atoms with Gasteiger partial charge >= 0.3 is 0 Å². The zero-order valence-corrected chi connectivity index (χ0v) is 17.6. The highest BCUT2D eigenvalue weighted by atomic mass is 16.2. The molecule has 0 fully saturated rings. The molecule has 0 atom stereocenters. The number of benzene rings is 4. The van der Waals surface area contributed by atoms with E-state index in [1.807, 2.05) is 18.2 Å². The van der Waals surface area contributed by atoms with E-state index >= 15 is 0 Å². The highest BCUT2D eigenvalue weighted by Gasteiger charge is 2.17. The Morgan fingerprint density at radius 3 is 0.879 bits per heavy atom. The third-order valence-electron chi connectivity index (χ3n) is 4.81. The van der Waals surface area contributed by atoms with E-state index in [4.69, 9.17) is 0 Å². The molecule has 4 aromatic rings. The molecule has 0 saturated carbocycles. The summed E-state index contributed by atoms with van der Waals surface area (Å²) in [7, 11) is 0. The van der Waals surface area contributed by atoms with Crippen LogP contribution < -0.4 is 16.0 Å². The van der Waals surface area contributed by atoms with Gasteiger partial charge in [-0.05, 0) is 54.6 Å². The van der Waals surface area contributed by atoms with Gasteiger partial charge in [-0.1, -0.05) is 54.6 Å². The molecule has 6 heteroatoms. The summed E-state index contributed by atoms with van der Waals surface area (Å²) in [6, 6.07) is 31.3. The molecule has 3 amide bonds. The van der Waals surface area contributed by atoms with Crippen molar-refractivity contribution in [1.82, 2.24) is 0 Å². The van der Waals surface area contributed by atoms with Crippen molar-refractivity contribution >= 4 is 34.8 Å². The smallest absolute Gasteiger partial charge is 0.255 e. The van der Waals surface area contributed by atoms with Gasteiger partial charge in [0, 0.05) is 33.8 Å². The first-order valence-corrected chi connectivity index (χ1v) is 10.3. The van der Waals surface area contributed by atoms with Crippen LogP contribution in [-0.2, 0) is 0 Å². The fraction of sp³-hybridized carbons (Fsp3) is 0. The Bertz CT molecular complexity index is 1100. The fourth-order valence-electron chi connectivity index (χ4n) is 3.20. The number of anilines is 3. The number of hydrogen-bond donors (Lipinski definition) is 3. The Morgan fingerprint density at radius 2 is 0.636 bits per heavy atom. The molecule has 0 radical (unpaired) electrons. The third-order valence-corrected chi connectivity index (χ3v) is 4.81. The van der Waals surface area contributed by atoms with Crippen LogP contribution in [0.3, 0.4) is 0 Å². The molecule has 0 spiro atoms. The van der Waals surface area contributed by atoms with Crippen LogP contribution in [0.15, 0.2) is 109 Å². The number of nitrogens with one attached hydrogen (secondary N) is 3. The van der Waals surface area contributed by atoms with Gasteiger partial charge in [-0.25, -0.2) is 0 Å². The minimum atomic E-state index is -0.427. The zero-order valence-electron chi connectivity index (χ0n) is 17.6. The van der Waals surface area contributed by atoms with Crippen molar-refractivity contribution in [3.05, 3.63) is 126 Å². The van der Waals surface area contributed by atoms with Gasteiger partial charge in [0.15, 0.2) is 0 Å². The van der Waals surface area contributed by atoms with Crippen molar-refractivity contribution < 1.29 is 14.4 Å². The molecule has 3 N–H and O–H groups in total. The lowest BCUT2D eigenvalue weighted by Crippen LogP contribution is -2.19. The average Bonchev–Trinajstić information content (AvgIpc) is 2.85. The van der Waals surface area contributed by atoms with Crippen molar-refractivity contribution in [2.45, 2.75) is 0 Å². The van der Waals surface area contributed by atoms with Gasteiger partial charge in [0.05, 0.1) is 0 Å². The first kappa shape index (κ1) is 21.5. The maximum atomic E-state index is 12.9. The molecule has 0 bridgehead atoms. The standard InChI is InChI=1S/C27H21N3O3/c31-25(28-22-10-4-1-5-11-22)19-16-20(26(32)29-23-12-6-2-7-13-23)18-21(17-19)27(33)30-24-14-8-3-9-15-24/h1-18H,(H,28,31)(H,29,32)(H,30,33). The highest BCUT2D eigenvalue weighted by Crippen LogP contribution is 2.17. The fourth-order valence-corrected chi connectivity index (χ4v) is 3.20. The normalized spacial score (nSPS) is 10.2. The summed E-state index contributed by atoms with van der Waals surface area (Å²) >= 11 is 0. The quantitative estimate of drug-likeness (QED) is 0.377. The summed E-state index contributed by atoms with van der Waals surface area (Å²) in [4.78, 5) is 38.7. The van der Waals surface area contributed by atoms with E-state index in [-0.39, 0.29) is 16.7 Å². The van der Waals surface area contributed by atoms with Gasteiger partial charge in [-0.3, -0.25) is 14.4 Å². The second-order valence-corrected chi connectivity index (χ2v) is 7.26. The van der Waals surface area contributed by atoms with Crippen LogP contribution in [0, 0.1) is 0 Å². The van der Waals surface area contributed by atoms with Crippen LogP contribution in [-0.4, -0.2) is 17.7 Å². The van der Waals surface area contributed by atoms with E-state index in [0.717, 1.165) is 0 Å². The molecule has 0 aliphatic rings. The number of rotatable bonds is 6. The van der Waals surface area contributed by atoms with E-state index in [0.29, 0.717) is 17.1 Å². The molecular weight excluding hydrogens is 414 g/mol. The molecule has 4 rings (SSSR count). The van der Waals surface area contributed by atoms with Gasteiger partial charge < -0.3 is 16.0 Å². The number of para-hydroxylation sites is 3. The van der Waals surface area contributed by atoms with Crippen LogP contribution in [0.1, 0.15) is 31.1 Å². The number of carbonyl (C=O) groups is 3. The largest absolute Gasteiger partial charge is 0.322 e. The van der Waals surface area contributed by atoms with E-state index in [1.165, 1.54) is 18.2 Å².